The Hall–Kier alpha value is -1.75. The van der Waals surface area contributed by atoms with Crippen molar-refractivity contribution in [2.45, 2.75) is 37.6 Å². The van der Waals surface area contributed by atoms with Gasteiger partial charge in [-0.25, -0.2) is 4.79 Å². The molecule has 25 heavy (non-hydrogen) atoms. The number of para-hydroxylation sites is 1. The van der Waals surface area contributed by atoms with E-state index in [0.717, 1.165) is 51.3 Å². The smallest absolute Gasteiger partial charge is 0.317 e. The third kappa shape index (κ3) is 3.47. The highest BCUT2D eigenvalue weighted by atomic mass is 16.5. The van der Waals surface area contributed by atoms with E-state index in [1.807, 2.05) is 12.1 Å². The molecule has 0 radical (unpaired) electrons. The van der Waals surface area contributed by atoms with Crippen LogP contribution in [0.3, 0.4) is 0 Å². The Labute approximate surface area is 150 Å². The van der Waals surface area contributed by atoms with Crippen LogP contribution in [0.5, 0.6) is 5.75 Å². The summed E-state index contributed by atoms with van der Waals surface area (Å²) in [6.45, 7) is 4.56. The first-order valence-electron chi connectivity index (χ1n) is 9.67. The number of nitrogens with zero attached hydrogens (tertiary/aromatic N) is 2. The van der Waals surface area contributed by atoms with Gasteiger partial charge in [-0.1, -0.05) is 18.2 Å². The molecule has 2 fully saturated rings. The van der Waals surface area contributed by atoms with Crippen molar-refractivity contribution in [3.8, 4) is 5.75 Å². The number of piperidine rings is 2. The number of amides is 2. The van der Waals surface area contributed by atoms with Crippen molar-refractivity contribution < 1.29 is 9.53 Å². The molecular formula is C20H29N3O2. The van der Waals surface area contributed by atoms with Crippen LogP contribution in [0, 0.1) is 5.92 Å². The predicted octanol–water partition coefficient (Wildman–Crippen LogP) is 2.68. The maximum atomic E-state index is 12.9. The van der Waals surface area contributed by atoms with Gasteiger partial charge < -0.3 is 19.9 Å². The first-order valence-corrected chi connectivity index (χ1v) is 9.67. The monoisotopic (exact) mass is 343 g/mol. The summed E-state index contributed by atoms with van der Waals surface area (Å²) >= 11 is 0. The molecule has 4 rings (SSSR count). The maximum absolute atomic E-state index is 12.9. The molecule has 1 aromatic carbocycles. The summed E-state index contributed by atoms with van der Waals surface area (Å²) in [5, 5.41) is 3.23. The normalized spacial score (nSPS) is 29.3. The molecule has 0 bridgehead atoms. The Morgan fingerprint density at radius 3 is 3.04 bits per heavy atom. The van der Waals surface area contributed by atoms with Crippen LogP contribution in [0.25, 0.3) is 0 Å². The van der Waals surface area contributed by atoms with E-state index in [4.69, 9.17) is 4.74 Å². The van der Waals surface area contributed by atoms with Gasteiger partial charge in [-0.05, 0) is 56.8 Å². The minimum absolute atomic E-state index is 0.128. The molecule has 3 aliphatic rings. The number of hydrogen-bond acceptors (Lipinski definition) is 3. The highest BCUT2D eigenvalue weighted by Gasteiger charge is 2.37. The van der Waals surface area contributed by atoms with Crippen molar-refractivity contribution in [2.75, 3.05) is 39.8 Å². The molecule has 1 N–H and O–H groups in total. The van der Waals surface area contributed by atoms with Crippen molar-refractivity contribution >= 4 is 6.03 Å². The molecule has 136 valence electrons. The number of rotatable bonds is 2. The lowest BCUT2D eigenvalue weighted by Crippen LogP contribution is -2.57. The lowest BCUT2D eigenvalue weighted by molar-refractivity contribution is 0.0531. The van der Waals surface area contributed by atoms with Crippen LogP contribution in [-0.4, -0.2) is 61.7 Å². The Bertz CT molecular complexity index is 621. The summed E-state index contributed by atoms with van der Waals surface area (Å²) in [7, 11) is 2.19. The number of urea groups is 1. The standard InChI is InChI=1S/C20H29N3O2/c1-22-11-8-18-16(14-22)5-4-10-23(18)20(24)21-13-15-9-12-25-19-7-3-2-6-17(15)19/h2-3,6-7,15-16,18H,4-5,8-14H2,1H3,(H,21,24)/t15-,16+,18+/m0/s1. The Morgan fingerprint density at radius 2 is 2.12 bits per heavy atom. The van der Waals surface area contributed by atoms with Crippen LogP contribution in [0.1, 0.15) is 37.2 Å². The highest BCUT2D eigenvalue weighted by molar-refractivity contribution is 5.74. The molecule has 3 atom stereocenters. The van der Waals surface area contributed by atoms with Crippen LogP contribution in [0.15, 0.2) is 24.3 Å². The number of fused-ring (bicyclic) bond motifs is 2. The maximum Gasteiger partial charge on any atom is 0.317 e. The summed E-state index contributed by atoms with van der Waals surface area (Å²) in [6.07, 6.45) is 4.46. The minimum Gasteiger partial charge on any atom is -0.493 e. The molecule has 1 aromatic rings. The number of ether oxygens (including phenoxy) is 1. The van der Waals surface area contributed by atoms with E-state index in [0.29, 0.717) is 24.4 Å². The fourth-order valence-corrected chi connectivity index (χ4v) is 4.78. The van der Waals surface area contributed by atoms with Crippen LogP contribution in [0.2, 0.25) is 0 Å². The largest absolute Gasteiger partial charge is 0.493 e. The Balaban J connectivity index is 1.38. The van der Waals surface area contributed by atoms with Crippen molar-refractivity contribution in [2.24, 2.45) is 5.92 Å². The molecular weight excluding hydrogens is 314 g/mol. The van der Waals surface area contributed by atoms with Crippen LogP contribution < -0.4 is 10.1 Å². The number of likely N-dealkylation sites (tertiary alicyclic amines) is 2. The molecule has 0 aromatic heterocycles. The predicted molar refractivity (Wildman–Crippen MR) is 98.0 cm³/mol. The van der Waals surface area contributed by atoms with Gasteiger partial charge in [-0.15, -0.1) is 0 Å². The zero-order chi connectivity index (χ0) is 17.2. The number of hydrogen-bond donors (Lipinski definition) is 1. The second-order valence-electron chi connectivity index (χ2n) is 7.77. The molecule has 5 heteroatoms. The second kappa shape index (κ2) is 7.24. The van der Waals surface area contributed by atoms with Crippen LogP contribution in [-0.2, 0) is 0 Å². The topological polar surface area (TPSA) is 44.8 Å². The first-order chi connectivity index (χ1) is 12.2. The summed E-state index contributed by atoms with van der Waals surface area (Å²) in [5.41, 5.74) is 1.23. The SMILES string of the molecule is CN1CC[C@@H]2[C@H](CCCN2C(=O)NC[C@@H]2CCOc3ccccc32)C1. The molecule has 2 amide bonds. The van der Waals surface area contributed by atoms with Crippen molar-refractivity contribution in [3.63, 3.8) is 0 Å². The van der Waals surface area contributed by atoms with Gasteiger partial charge in [0.25, 0.3) is 0 Å². The summed E-state index contributed by atoms with van der Waals surface area (Å²) in [5.74, 6) is 1.97. The zero-order valence-corrected chi connectivity index (χ0v) is 15.1. The third-order valence-corrected chi connectivity index (χ3v) is 6.11. The van der Waals surface area contributed by atoms with Gasteiger partial charge in [0.2, 0.25) is 0 Å². The average molecular weight is 343 g/mol. The lowest BCUT2D eigenvalue weighted by Gasteiger charge is -2.46. The highest BCUT2D eigenvalue weighted by Crippen LogP contribution is 2.33. The van der Waals surface area contributed by atoms with Gasteiger partial charge in [-0.2, -0.15) is 0 Å². The number of carbonyl (C=O) groups excluding carboxylic acids is 1. The van der Waals surface area contributed by atoms with E-state index in [1.54, 1.807) is 0 Å². The lowest BCUT2D eigenvalue weighted by atomic mass is 9.84. The number of benzene rings is 1. The van der Waals surface area contributed by atoms with Gasteiger partial charge in [0.05, 0.1) is 6.61 Å². The minimum atomic E-state index is 0.128. The molecule has 3 aliphatic heterocycles. The number of carbonyl (C=O) groups is 1. The first kappa shape index (κ1) is 16.7. The average Bonchev–Trinajstić information content (AvgIpc) is 2.65. The second-order valence-corrected chi connectivity index (χ2v) is 7.77. The van der Waals surface area contributed by atoms with Crippen LogP contribution >= 0.6 is 0 Å². The Kier molecular flexibility index (Phi) is 4.84. The van der Waals surface area contributed by atoms with Crippen molar-refractivity contribution in [1.82, 2.24) is 15.1 Å². The van der Waals surface area contributed by atoms with E-state index < -0.39 is 0 Å². The van der Waals surface area contributed by atoms with Gasteiger partial charge >= 0.3 is 6.03 Å². The summed E-state index contributed by atoms with van der Waals surface area (Å²) in [6, 6.07) is 8.76. The molecule has 5 nitrogen and oxygen atoms in total. The molecule has 3 heterocycles. The van der Waals surface area contributed by atoms with Gasteiger partial charge in [0, 0.05) is 31.6 Å². The molecule has 0 unspecified atom stereocenters. The molecule has 0 spiro atoms. The molecule has 0 saturated carbocycles. The molecule has 0 aliphatic carbocycles. The van der Waals surface area contributed by atoms with Crippen molar-refractivity contribution in [3.05, 3.63) is 29.8 Å². The Morgan fingerprint density at radius 1 is 1.24 bits per heavy atom. The fourth-order valence-electron chi connectivity index (χ4n) is 4.78. The fraction of sp³-hybridized carbons (Fsp3) is 0.650. The zero-order valence-electron chi connectivity index (χ0n) is 15.1. The van der Waals surface area contributed by atoms with E-state index in [2.05, 4.69) is 34.3 Å². The summed E-state index contributed by atoms with van der Waals surface area (Å²) < 4.78 is 5.73. The number of nitrogens with one attached hydrogen (secondary N) is 1. The van der Waals surface area contributed by atoms with Gasteiger partial charge in [0.15, 0.2) is 0 Å². The van der Waals surface area contributed by atoms with E-state index in [1.165, 1.54) is 12.0 Å². The van der Waals surface area contributed by atoms with Crippen LogP contribution in [0.4, 0.5) is 4.79 Å². The van der Waals surface area contributed by atoms with E-state index in [-0.39, 0.29) is 6.03 Å². The molecule has 2 saturated heterocycles. The van der Waals surface area contributed by atoms with Crippen molar-refractivity contribution in [1.29, 1.82) is 0 Å². The van der Waals surface area contributed by atoms with E-state index in [9.17, 15) is 4.79 Å². The van der Waals surface area contributed by atoms with E-state index >= 15 is 0 Å². The summed E-state index contributed by atoms with van der Waals surface area (Å²) in [4.78, 5) is 17.4. The van der Waals surface area contributed by atoms with Gasteiger partial charge in [0.1, 0.15) is 5.75 Å². The third-order valence-electron chi connectivity index (χ3n) is 6.11. The quantitative estimate of drug-likeness (QED) is 0.898. The van der Waals surface area contributed by atoms with Gasteiger partial charge in [-0.3, -0.25) is 0 Å².